The van der Waals surface area contributed by atoms with E-state index in [1.165, 1.54) is 0 Å². The molecule has 1 saturated heterocycles. The first-order chi connectivity index (χ1) is 11.9. The highest BCUT2D eigenvalue weighted by Gasteiger charge is 2.34. The van der Waals surface area contributed by atoms with Crippen molar-refractivity contribution in [1.82, 2.24) is 5.32 Å². The molecular formula is C19H18Cl2N2O2. The number of rotatable bonds is 4. The number of nitrogens with one attached hydrogen (secondary N) is 1. The van der Waals surface area contributed by atoms with Crippen LogP contribution in [0.5, 0.6) is 0 Å². The predicted octanol–water partition coefficient (Wildman–Crippen LogP) is 3.97. The Balaban J connectivity index is 1.61. The highest BCUT2D eigenvalue weighted by Crippen LogP contribution is 2.26. The van der Waals surface area contributed by atoms with E-state index in [-0.39, 0.29) is 24.2 Å². The molecule has 25 heavy (non-hydrogen) atoms. The van der Waals surface area contributed by atoms with Crippen LogP contribution in [0.1, 0.15) is 17.5 Å². The van der Waals surface area contributed by atoms with Crippen molar-refractivity contribution in [3.63, 3.8) is 0 Å². The highest BCUT2D eigenvalue weighted by atomic mass is 35.5. The van der Waals surface area contributed by atoms with Gasteiger partial charge in [0.25, 0.3) is 0 Å². The van der Waals surface area contributed by atoms with Crippen molar-refractivity contribution in [3.8, 4) is 0 Å². The summed E-state index contributed by atoms with van der Waals surface area (Å²) >= 11 is 12.0. The van der Waals surface area contributed by atoms with E-state index in [0.717, 1.165) is 16.8 Å². The van der Waals surface area contributed by atoms with Crippen LogP contribution in [0.4, 0.5) is 5.69 Å². The summed E-state index contributed by atoms with van der Waals surface area (Å²) in [5.41, 5.74) is 2.75. The smallest absolute Gasteiger partial charge is 0.227 e. The molecule has 0 spiro atoms. The van der Waals surface area contributed by atoms with Gasteiger partial charge in [-0.25, -0.2) is 0 Å². The van der Waals surface area contributed by atoms with Gasteiger partial charge in [0.15, 0.2) is 0 Å². The Morgan fingerprint density at radius 2 is 1.92 bits per heavy atom. The van der Waals surface area contributed by atoms with Gasteiger partial charge in [-0.1, -0.05) is 47.0 Å². The average Bonchev–Trinajstić information content (AvgIpc) is 2.96. The zero-order valence-corrected chi connectivity index (χ0v) is 15.3. The molecule has 0 aliphatic carbocycles. The van der Waals surface area contributed by atoms with E-state index in [2.05, 4.69) is 5.32 Å². The Hall–Kier alpha value is -2.04. The molecule has 1 aliphatic rings. The first-order valence-electron chi connectivity index (χ1n) is 8.02. The molecule has 1 N–H and O–H groups in total. The van der Waals surface area contributed by atoms with Crippen molar-refractivity contribution in [2.75, 3.05) is 11.4 Å². The molecule has 3 rings (SSSR count). The van der Waals surface area contributed by atoms with E-state index >= 15 is 0 Å². The van der Waals surface area contributed by atoms with Gasteiger partial charge in [-0.15, -0.1) is 0 Å². The molecule has 1 aliphatic heterocycles. The number of aryl methyl sites for hydroxylation is 1. The average molecular weight is 377 g/mol. The van der Waals surface area contributed by atoms with Crippen LogP contribution in [0.25, 0.3) is 0 Å². The quantitative estimate of drug-likeness (QED) is 0.877. The molecule has 4 nitrogen and oxygen atoms in total. The van der Waals surface area contributed by atoms with Crippen LogP contribution in [0.15, 0.2) is 42.5 Å². The van der Waals surface area contributed by atoms with Gasteiger partial charge < -0.3 is 10.2 Å². The van der Waals surface area contributed by atoms with Gasteiger partial charge >= 0.3 is 0 Å². The third kappa shape index (κ3) is 4.14. The van der Waals surface area contributed by atoms with E-state index in [9.17, 15) is 9.59 Å². The highest BCUT2D eigenvalue weighted by molar-refractivity contribution is 6.35. The van der Waals surface area contributed by atoms with Crippen LogP contribution >= 0.6 is 23.2 Å². The van der Waals surface area contributed by atoms with Gasteiger partial charge in [0.2, 0.25) is 11.8 Å². The Bertz CT molecular complexity index is 806. The van der Waals surface area contributed by atoms with Crippen LogP contribution < -0.4 is 10.2 Å². The summed E-state index contributed by atoms with van der Waals surface area (Å²) in [6, 6.07) is 12.9. The molecule has 2 aromatic carbocycles. The van der Waals surface area contributed by atoms with Gasteiger partial charge in [0.1, 0.15) is 0 Å². The summed E-state index contributed by atoms with van der Waals surface area (Å²) in [6.45, 7) is 2.69. The SMILES string of the molecule is Cc1ccc(N2CC(C(=O)NCc3ccc(Cl)cc3Cl)CC2=O)cc1. The molecule has 6 heteroatoms. The van der Waals surface area contributed by atoms with E-state index < -0.39 is 0 Å². The largest absolute Gasteiger partial charge is 0.352 e. The Labute approximate surface area is 156 Å². The van der Waals surface area contributed by atoms with Crippen molar-refractivity contribution in [2.24, 2.45) is 5.92 Å². The molecule has 1 atom stereocenters. The lowest BCUT2D eigenvalue weighted by atomic mass is 10.1. The number of nitrogens with zero attached hydrogens (tertiary/aromatic N) is 1. The lowest BCUT2D eigenvalue weighted by Gasteiger charge is -2.17. The summed E-state index contributed by atoms with van der Waals surface area (Å²) < 4.78 is 0. The van der Waals surface area contributed by atoms with Crippen molar-refractivity contribution in [1.29, 1.82) is 0 Å². The minimum Gasteiger partial charge on any atom is -0.352 e. The normalized spacial score (nSPS) is 17.0. The molecule has 1 heterocycles. The zero-order chi connectivity index (χ0) is 18.0. The van der Waals surface area contributed by atoms with Gasteiger partial charge in [-0.3, -0.25) is 9.59 Å². The second-order valence-electron chi connectivity index (χ2n) is 6.19. The van der Waals surface area contributed by atoms with Crippen molar-refractivity contribution >= 4 is 40.7 Å². The van der Waals surface area contributed by atoms with Crippen LogP contribution in [-0.2, 0) is 16.1 Å². The number of carbonyl (C=O) groups is 2. The van der Waals surface area contributed by atoms with E-state index in [1.54, 1.807) is 23.1 Å². The summed E-state index contributed by atoms with van der Waals surface area (Å²) in [5.74, 6) is -0.539. The predicted molar refractivity (Wildman–Crippen MR) is 99.9 cm³/mol. The Morgan fingerprint density at radius 3 is 2.60 bits per heavy atom. The van der Waals surface area contributed by atoms with E-state index in [4.69, 9.17) is 23.2 Å². The topological polar surface area (TPSA) is 49.4 Å². The fourth-order valence-electron chi connectivity index (χ4n) is 2.85. The molecule has 0 bridgehead atoms. The third-order valence-corrected chi connectivity index (χ3v) is 4.90. The maximum atomic E-state index is 12.4. The van der Waals surface area contributed by atoms with Crippen LogP contribution in [-0.4, -0.2) is 18.4 Å². The number of hydrogen-bond donors (Lipinski definition) is 1. The van der Waals surface area contributed by atoms with E-state index in [1.807, 2.05) is 31.2 Å². The third-order valence-electron chi connectivity index (χ3n) is 4.31. The molecule has 2 amide bonds. The number of amides is 2. The molecule has 0 radical (unpaired) electrons. The first-order valence-corrected chi connectivity index (χ1v) is 8.78. The van der Waals surface area contributed by atoms with Crippen molar-refractivity contribution < 1.29 is 9.59 Å². The number of halogens is 2. The standard InChI is InChI=1S/C19H18Cl2N2O2/c1-12-2-6-16(7-3-12)23-11-14(8-18(23)24)19(25)22-10-13-4-5-15(20)9-17(13)21/h2-7,9,14H,8,10-11H2,1H3,(H,22,25). The molecule has 130 valence electrons. The van der Waals surface area contributed by atoms with Crippen LogP contribution in [0.2, 0.25) is 10.0 Å². The number of hydrogen-bond acceptors (Lipinski definition) is 2. The second kappa shape index (κ2) is 7.46. The fraction of sp³-hybridized carbons (Fsp3) is 0.263. The molecule has 1 fully saturated rings. The maximum absolute atomic E-state index is 12.4. The van der Waals surface area contributed by atoms with Crippen LogP contribution in [0.3, 0.4) is 0 Å². The minimum atomic E-state index is -0.361. The molecule has 0 aromatic heterocycles. The number of anilines is 1. The van der Waals surface area contributed by atoms with Crippen molar-refractivity contribution in [3.05, 3.63) is 63.6 Å². The van der Waals surface area contributed by atoms with Crippen LogP contribution in [0, 0.1) is 12.8 Å². The van der Waals surface area contributed by atoms with Gasteiger partial charge in [0.05, 0.1) is 5.92 Å². The van der Waals surface area contributed by atoms with Gasteiger partial charge in [-0.05, 0) is 36.8 Å². The lowest BCUT2D eigenvalue weighted by Crippen LogP contribution is -2.32. The molecule has 2 aromatic rings. The number of carbonyl (C=O) groups excluding carboxylic acids is 2. The summed E-state index contributed by atoms with van der Waals surface area (Å²) in [4.78, 5) is 26.3. The Morgan fingerprint density at radius 1 is 1.20 bits per heavy atom. The van der Waals surface area contributed by atoms with Crippen molar-refractivity contribution in [2.45, 2.75) is 19.9 Å². The number of benzene rings is 2. The second-order valence-corrected chi connectivity index (χ2v) is 7.04. The zero-order valence-electron chi connectivity index (χ0n) is 13.8. The first kappa shape index (κ1) is 17.8. The monoisotopic (exact) mass is 376 g/mol. The van der Waals surface area contributed by atoms with Gasteiger partial charge in [-0.2, -0.15) is 0 Å². The fourth-order valence-corrected chi connectivity index (χ4v) is 3.32. The lowest BCUT2D eigenvalue weighted by molar-refractivity contribution is -0.126. The minimum absolute atomic E-state index is 0.0338. The van der Waals surface area contributed by atoms with E-state index in [0.29, 0.717) is 23.1 Å². The summed E-state index contributed by atoms with van der Waals surface area (Å²) in [5, 5.41) is 3.92. The molecule has 1 unspecified atom stereocenters. The summed E-state index contributed by atoms with van der Waals surface area (Å²) in [7, 11) is 0. The maximum Gasteiger partial charge on any atom is 0.227 e. The Kier molecular flexibility index (Phi) is 5.30. The van der Waals surface area contributed by atoms with Gasteiger partial charge in [0, 0.05) is 35.2 Å². The summed E-state index contributed by atoms with van der Waals surface area (Å²) in [6.07, 6.45) is 0.216. The molecule has 0 saturated carbocycles. The molecular weight excluding hydrogens is 359 g/mol.